The maximum Gasteiger partial charge on any atom is 0.210 e. The summed E-state index contributed by atoms with van der Waals surface area (Å²) < 4.78 is 32.1. The quantitative estimate of drug-likeness (QED) is 0.432. The Labute approximate surface area is 182 Å². The number of fused-ring (bicyclic) bond motifs is 1. The van der Waals surface area contributed by atoms with Gasteiger partial charge in [-0.1, -0.05) is 43.3 Å². The zero-order valence-corrected chi connectivity index (χ0v) is 18.3. The second-order valence-electron chi connectivity index (χ2n) is 7.22. The smallest absolute Gasteiger partial charge is 0.210 e. The lowest BCUT2D eigenvalue weighted by Crippen LogP contribution is -2.09. The predicted octanol–water partition coefficient (Wildman–Crippen LogP) is 5.25. The van der Waals surface area contributed by atoms with E-state index in [2.05, 4.69) is 17.2 Å². The lowest BCUT2D eigenvalue weighted by Gasteiger charge is -2.16. The van der Waals surface area contributed by atoms with Crippen LogP contribution in [0.25, 0.3) is 10.9 Å². The number of pyridine rings is 1. The zero-order chi connectivity index (χ0) is 21.8. The number of benzene rings is 3. The molecular formula is C25H24N2O3S. The first-order chi connectivity index (χ1) is 15.0. The van der Waals surface area contributed by atoms with Gasteiger partial charge in [-0.25, -0.2) is 8.42 Å². The standard InChI is InChI=1S/C25H24N2O3S/c1-3-18-11-14-23-22(15-18)25(27-16-19-9-12-20(30-2)13-10-19)24(17-26-23)31(28,29)21-7-5-4-6-8-21/h4-15,17H,3,16H2,1-2H3,(H,26,27). The third kappa shape index (κ3) is 4.25. The Bertz CT molecular complexity index is 1300. The molecule has 1 aromatic heterocycles. The average molecular weight is 433 g/mol. The summed E-state index contributed by atoms with van der Waals surface area (Å²) in [5, 5.41) is 4.17. The summed E-state index contributed by atoms with van der Waals surface area (Å²) in [6, 6.07) is 22.1. The Balaban J connectivity index is 1.83. The van der Waals surface area contributed by atoms with Crippen molar-refractivity contribution in [1.82, 2.24) is 4.98 Å². The Morgan fingerprint density at radius 2 is 1.65 bits per heavy atom. The molecule has 1 heterocycles. The Morgan fingerprint density at radius 3 is 2.32 bits per heavy atom. The largest absolute Gasteiger partial charge is 0.497 e. The van der Waals surface area contributed by atoms with E-state index in [0.717, 1.165) is 34.2 Å². The van der Waals surface area contributed by atoms with Crippen molar-refractivity contribution in [2.45, 2.75) is 29.7 Å². The molecule has 4 aromatic rings. The van der Waals surface area contributed by atoms with Gasteiger partial charge in [0.25, 0.3) is 0 Å². The van der Waals surface area contributed by atoms with Gasteiger partial charge in [-0.3, -0.25) is 4.98 Å². The van der Waals surface area contributed by atoms with Gasteiger partial charge in [0.05, 0.1) is 23.2 Å². The number of aryl methyl sites for hydroxylation is 1. The van der Waals surface area contributed by atoms with Crippen LogP contribution in [0.15, 0.2) is 88.8 Å². The van der Waals surface area contributed by atoms with Crippen LogP contribution in [0.2, 0.25) is 0 Å². The van der Waals surface area contributed by atoms with Crippen LogP contribution in [-0.2, 0) is 22.8 Å². The van der Waals surface area contributed by atoms with Gasteiger partial charge in [-0.15, -0.1) is 0 Å². The van der Waals surface area contributed by atoms with Crippen molar-refractivity contribution >= 4 is 26.4 Å². The van der Waals surface area contributed by atoms with Crippen molar-refractivity contribution in [3.8, 4) is 5.75 Å². The van der Waals surface area contributed by atoms with Crippen molar-refractivity contribution < 1.29 is 13.2 Å². The number of nitrogens with one attached hydrogen (secondary N) is 1. The Kier molecular flexibility index (Phi) is 5.91. The number of sulfone groups is 1. The molecule has 3 aromatic carbocycles. The van der Waals surface area contributed by atoms with Gasteiger partial charge >= 0.3 is 0 Å². The van der Waals surface area contributed by atoms with Crippen LogP contribution in [0.5, 0.6) is 5.75 Å². The van der Waals surface area contributed by atoms with E-state index < -0.39 is 9.84 Å². The van der Waals surface area contributed by atoms with E-state index in [1.54, 1.807) is 37.4 Å². The molecule has 1 N–H and O–H groups in total. The van der Waals surface area contributed by atoms with Gasteiger partial charge < -0.3 is 10.1 Å². The van der Waals surface area contributed by atoms with Gasteiger partial charge in [0, 0.05) is 18.1 Å². The first-order valence-corrected chi connectivity index (χ1v) is 11.6. The average Bonchev–Trinajstić information content (AvgIpc) is 2.82. The summed E-state index contributed by atoms with van der Waals surface area (Å²) in [6.45, 7) is 2.54. The summed E-state index contributed by atoms with van der Waals surface area (Å²) in [5.74, 6) is 0.776. The molecule has 4 rings (SSSR count). The van der Waals surface area contributed by atoms with E-state index in [1.165, 1.54) is 6.20 Å². The van der Waals surface area contributed by atoms with E-state index in [1.807, 2.05) is 42.5 Å². The molecule has 6 heteroatoms. The molecule has 0 aliphatic carbocycles. The van der Waals surface area contributed by atoms with Crippen molar-refractivity contribution in [1.29, 1.82) is 0 Å². The fourth-order valence-electron chi connectivity index (χ4n) is 3.49. The number of rotatable bonds is 7. The SMILES string of the molecule is CCc1ccc2ncc(S(=O)(=O)c3ccccc3)c(NCc3ccc(OC)cc3)c2c1. The minimum Gasteiger partial charge on any atom is -0.497 e. The molecule has 5 nitrogen and oxygen atoms in total. The zero-order valence-electron chi connectivity index (χ0n) is 17.5. The molecule has 0 fully saturated rings. The second kappa shape index (κ2) is 8.78. The summed E-state index contributed by atoms with van der Waals surface area (Å²) in [7, 11) is -2.11. The van der Waals surface area contributed by atoms with Gasteiger partial charge in [0.2, 0.25) is 9.84 Å². The molecule has 0 bridgehead atoms. The van der Waals surface area contributed by atoms with Crippen molar-refractivity contribution in [2.75, 3.05) is 12.4 Å². The molecular weight excluding hydrogens is 408 g/mol. The molecule has 0 saturated heterocycles. The molecule has 0 spiro atoms. The first-order valence-electron chi connectivity index (χ1n) is 10.1. The minimum atomic E-state index is -3.74. The number of anilines is 1. The van der Waals surface area contributed by atoms with Gasteiger partial charge in [0.15, 0.2) is 0 Å². The Morgan fingerprint density at radius 1 is 0.935 bits per heavy atom. The van der Waals surface area contributed by atoms with Gasteiger partial charge in [-0.05, 0) is 53.9 Å². The van der Waals surface area contributed by atoms with E-state index in [4.69, 9.17) is 4.74 Å². The molecule has 0 aliphatic heterocycles. The van der Waals surface area contributed by atoms with E-state index in [-0.39, 0.29) is 9.79 Å². The molecule has 0 amide bonds. The highest BCUT2D eigenvalue weighted by molar-refractivity contribution is 7.91. The molecule has 0 saturated carbocycles. The molecule has 0 atom stereocenters. The maximum atomic E-state index is 13.5. The van der Waals surface area contributed by atoms with Crippen molar-refractivity contribution in [3.63, 3.8) is 0 Å². The normalized spacial score (nSPS) is 11.4. The molecule has 0 aliphatic rings. The maximum absolute atomic E-state index is 13.5. The van der Waals surface area contributed by atoms with Crippen LogP contribution in [-0.4, -0.2) is 20.5 Å². The van der Waals surface area contributed by atoms with Crippen molar-refractivity contribution in [2.24, 2.45) is 0 Å². The fourth-order valence-corrected chi connectivity index (χ4v) is 4.90. The molecule has 0 unspecified atom stereocenters. The third-order valence-corrected chi connectivity index (χ3v) is 7.06. The van der Waals surface area contributed by atoms with Crippen LogP contribution in [0, 0.1) is 0 Å². The van der Waals surface area contributed by atoms with Gasteiger partial charge in [-0.2, -0.15) is 0 Å². The van der Waals surface area contributed by atoms with Crippen LogP contribution in [0.4, 0.5) is 5.69 Å². The summed E-state index contributed by atoms with van der Waals surface area (Å²) >= 11 is 0. The number of hydrogen-bond donors (Lipinski definition) is 1. The van der Waals surface area contributed by atoms with E-state index in [0.29, 0.717) is 12.2 Å². The Hall–Kier alpha value is -3.38. The monoisotopic (exact) mass is 432 g/mol. The highest BCUT2D eigenvalue weighted by atomic mass is 32.2. The van der Waals surface area contributed by atoms with Crippen LogP contribution in [0.1, 0.15) is 18.1 Å². The van der Waals surface area contributed by atoms with E-state index in [9.17, 15) is 8.42 Å². The first kappa shape index (κ1) is 20.9. The van der Waals surface area contributed by atoms with Crippen molar-refractivity contribution in [3.05, 3.63) is 90.1 Å². The highest BCUT2D eigenvalue weighted by Crippen LogP contribution is 2.34. The van der Waals surface area contributed by atoms with Crippen LogP contribution >= 0.6 is 0 Å². The minimum absolute atomic E-state index is 0.174. The number of methoxy groups -OCH3 is 1. The second-order valence-corrected chi connectivity index (χ2v) is 9.14. The summed E-state index contributed by atoms with van der Waals surface area (Å²) in [4.78, 5) is 4.87. The number of hydrogen-bond acceptors (Lipinski definition) is 5. The lowest BCUT2D eigenvalue weighted by molar-refractivity contribution is 0.414. The van der Waals surface area contributed by atoms with Gasteiger partial charge in [0.1, 0.15) is 10.6 Å². The topological polar surface area (TPSA) is 68.3 Å². The van der Waals surface area contributed by atoms with E-state index >= 15 is 0 Å². The number of aromatic nitrogens is 1. The van der Waals surface area contributed by atoms with Crippen LogP contribution in [0.3, 0.4) is 0 Å². The summed E-state index contributed by atoms with van der Waals surface area (Å²) in [6.07, 6.45) is 2.30. The molecule has 158 valence electrons. The van der Waals surface area contributed by atoms with Crippen LogP contribution < -0.4 is 10.1 Å². The molecule has 31 heavy (non-hydrogen) atoms. The molecule has 0 radical (unpaired) electrons. The third-order valence-electron chi connectivity index (χ3n) is 5.28. The lowest BCUT2D eigenvalue weighted by atomic mass is 10.1. The number of nitrogens with zero attached hydrogens (tertiary/aromatic N) is 1. The number of ether oxygens (including phenoxy) is 1. The fraction of sp³-hybridized carbons (Fsp3) is 0.160. The highest BCUT2D eigenvalue weighted by Gasteiger charge is 2.23. The summed E-state index contributed by atoms with van der Waals surface area (Å²) in [5.41, 5.74) is 3.46. The predicted molar refractivity (Wildman–Crippen MR) is 123 cm³/mol.